The van der Waals surface area contributed by atoms with Crippen LogP contribution in [-0.4, -0.2) is 44.8 Å². The van der Waals surface area contributed by atoms with Crippen molar-refractivity contribution in [1.82, 2.24) is 4.90 Å². The molecule has 0 radical (unpaired) electrons. The first-order valence-electron chi connectivity index (χ1n) is 10.4. The summed E-state index contributed by atoms with van der Waals surface area (Å²) in [5.41, 5.74) is 1.50. The molecule has 6 rings (SSSR count). The van der Waals surface area contributed by atoms with Crippen molar-refractivity contribution in [2.45, 2.75) is 31.7 Å². The summed E-state index contributed by atoms with van der Waals surface area (Å²) in [6, 6.07) is 14.1. The number of nitrogens with zero attached hydrogens (tertiary/aromatic N) is 3. The first-order valence-corrected chi connectivity index (χ1v) is 12.1. The number of benzene rings is 2. The highest BCUT2D eigenvalue weighted by Gasteiger charge is 2.52. The molecule has 0 atom stereocenters. The normalized spacial score (nSPS) is 27.1. The van der Waals surface area contributed by atoms with Crippen molar-refractivity contribution in [2.24, 2.45) is 9.81 Å². The lowest BCUT2D eigenvalue weighted by atomic mass is 9.67. The van der Waals surface area contributed by atoms with E-state index >= 15 is 0 Å². The van der Waals surface area contributed by atoms with E-state index in [1.807, 2.05) is 30.3 Å². The molecule has 1 aliphatic carbocycles. The van der Waals surface area contributed by atoms with Gasteiger partial charge in [0.05, 0.1) is 22.8 Å². The number of hydrogen-bond donors (Lipinski definition) is 2. The van der Waals surface area contributed by atoms with Crippen LogP contribution in [0.5, 0.6) is 5.75 Å². The molecule has 6 nitrogen and oxygen atoms in total. The molecular weight excluding hydrogens is 417 g/mol. The summed E-state index contributed by atoms with van der Waals surface area (Å²) in [6.07, 6.45) is 4.01. The van der Waals surface area contributed by atoms with E-state index in [1.54, 1.807) is 6.07 Å². The number of amidine groups is 1. The second kappa shape index (κ2) is 7.52. The minimum atomic E-state index is -2.90. The predicted molar refractivity (Wildman–Crippen MR) is 119 cm³/mol. The maximum atomic E-state index is 13.4. The van der Waals surface area contributed by atoms with Crippen LogP contribution < -0.4 is 4.74 Å². The van der Waals surface area contributed by atoms with Crippen LogP contribution in [0.15, 0.2) is 46.9 Å². The van der Waals surface area contributed by atoms with Crippen molar-refractivity contribution in [1.29, 1.82) is 5.26 Å². The molecule has 2 aromatic rings. The third kappa shape index (κ3) is 3.67. The number of halogens is 1. The summed E-state index contributed by atoms with van der Waals surface area (Å²) < 4.78 is 44.3. The molecule has 0 spiro atoms. The van der Waals surface area contributed by atoms with Crippen molar-refractivity contribution in [3.8, 4) is 22.9 Å². The van der Waals surface area contributed by atoms with Gasteiger partial charge in [0, 0.05) is 12.6 Å². The van der Waals surface area contributed by atoms with Crippen molar-refractivity contribution in [3.05, 3.63) is 53.8 Å². The van der Waals surface area contributed by atoms with Crippen molar-refractivity contribution in [3.63, 3.8) is 0 Å². The summed E-state index contributed by atoms with van der Waals surface area (Å²) >= 11 is 0. The lowest BCUT2D eigenvalue weighted by Crippen LogP contribution is -2.62. The van der Waals surface area contributed by atoms with Gasteiger partial charge in [-0.3, -0.25) is 9.11 Å². The molecule has 2 aromatic carbocycles. The molecule has 3 fully saturated rings. The van der Waals surface area contributed by atoms with E-state index in [4.69, 9.17) is 4.74 Å². The Kier molecular flexibility index (Phi) is 4.93. The molecule has 2 bridgehead atoms. The van der Waals surface area contributed by atoms with Gasteiger partial charge >= 0.3 is 0 Å². The third-order valence-electron chi connectivity index (χ3n) is 6.72. The lowest BCUT2D eigenvalue weighted by molar-refractivity contribution is 0.0651. The Morgan fingerprint density at radius 2 is 1.94 bits per heavy atom. The molecule has 8 heteroatoms. The molecule has 31 heavy (non-hydrogen) atoms. The first kappa shape index (κ1) is 20.3. The molecule has 2 saturated heterocycles. The second-order valence-electron chi connectivity index (χ2n) is 8.57. The highest BCUT2D eigenvalue weighted by Crippen LogP contribution is 2.53. The van der Waals surface area contributed by atoms with Crippen LogP contribution in [0.1, 0.15) is 31.2 Å². The average Bonchev–Trinajstić information content (AvgIpc) is 2.78. The minimum absolute atomic E-state index is 0.289. The van der Waals surface area contributed by atoms with Gasteiger partial charge in [0.15, 0.2) is 0 Å². The van der Waals surface area contributed by atoms with E-state index in [9.17, 15) is 18.8 Å². The summed E-state index contributed by atoms with van der Waals surface area (Å²) in [5, 5.41) is 9.29. The Morgan fingerprint density at radius 1 is 1.19 bits per heavy atom. The Morgan fingerprint density at radius 3 is 2.65 bits per heavy atom. The number of fused-ring (bicyclic) bond motifs is 2. The van der Waals surface area contributed by atoms with Gasteiger partial charge in [-0.15, -0.1) is 4.40 Å². The minimum Gasteiger partial charge on any atom is -0.493 e. The fourth-order valence-electron chi connectivity index (χ4n) is 5.03. The number of ether oxygens (including phenoxy) is 1. The summed E-state index contributed by atoms with van der Waals surface area (Å²) in [7, 11) is -2.90. The van der Waals surface area contributed by atoms with Gasteiger partial charge in [-0.05, 0) is 61.1 Å². The van der Waals surface area contributed by atoms with E-state index in [-0.39, 0.29) is 5.41 Å². The van der Waals surface area contributed by atoms with Crippen LogP contribution in [0.2, 0.25) is 0 Å². The van der Waals surface area contributed by atoms with E-state index in [2.05, 4.69) is 9.30 Å². The van der Waals surface area contributed by atoms with Gasteiger partial charge in [0.1, 0.15) is 24.0 Å². The first-order chi connectivity index (χ1) is 14.9. The maximum Gasteiger partial charge on any atom is 0.134 e. The number of rotatable bonds is 4. The number of piperidine rings is 2. The van der Waals surface area contributed by atoms with Gasteiger partial charge in [-0.25, -0.2) is 4.39 Å². The smallest absolute Gasteiger partial charge is 0.134 e. The molecule has 0 unspecified atom stereocenters. The summed E-state index contributed by atoms with van der Waals surface area (Å²) in [4.78, 5) is 2.26. The van der Waals surface area contributed by atoms with E-state index < -0.39 is 16.6 Å². The third-order valence-corrected chi connectivity index (χ3v) is 7.92. The molecule has 3 aliphatic heterocycles. The number of hydrogen-bond acceptors (Lipinski definition) is 6. The van der Waals surface area contributed by atoms with Gasteiger partial charge in [0.25, 0.3) is 0 Å². The highest BCUT2D eigenvalue weighted by molar-refractivity contribution is 8.23. The molecule has 162 valence electrons. The standard InChI is InChI=1S/C23H24FN3O3S/c24-18-3-6-21(17(13-18)14-25)16-1-4-20(5-2-16)30-15-23-9-7-19(8-10-23)27-11-12-31(28,29)26-22(23)27/h1-6,13,19,28-29H,7-12,15H2. The van der Waals surface area contributed by atoms with Crippen LogP contribution in [0.4, 0.5) is 4.39 Å². The Balaban J connectivity index is 1.35. The van der Waals surface area contributed by atoms with Crippen molar-refractivity contribution < 1.29 is 18.2 Å². The van der Waals surface area contributed by atoms with Crippen molar-refractivity contribution in [2.75, 3.05) is 18.9 Å². The zero-order valence-corrected chi connectivity index (χ0v) is 17.8. The van der Waals surface area contributed by atoms with Crippen LogP contribution in [0.3, 0.4) is 0 Å². The highest BCUT2D eigenvalue weighted by atomic mass is 32.3. The fourth-order valence-corrected chi connectivity index (χ4v) is 6.14. The molecular formula is C23H24FN3O3S. The Labute approximate surface area is 182 Å². The van der Waals surface area contributed by atoms with Crippen LogP contribution in [0.25, 0.3) is 11.1 Å². The van der Waals surface area contributed by atoms with Crippen LogP contribution in [0, 0.1) is 22.6 Å². The van der Waals surface area contributed by atoms with Gasteiger partial charge in [-0.1, -0.05) is 29.0 Å². The zero-order valence-electron chi connectivity index (χ0n) is 17.0. The van der Waals surface area contributed by atoms with Gasteiger partial charge in [0.2, 0.25) is 0 Å². The second-order valence-corrected chi connectivity index (χ2v) is 10.4. The van der Waals surface area contributed by atoms with Crippen LogP contribution in [-0.2, 0) is 0 Å². The number of nitriles is 1. The lowest BCUT2D eigenvalue weighted by Gasteiger charge is -2.56. The van der Waals surface area contributed by atoms with E-state index in [0.717, 1.165) is 37.1 Å². The van der Waals surface area contributed by atoms with Crippen LogP contribution >= 0.6 is 10.8 Å². The molecule has 2 N–H and O–H groups in total. The summed E-state index contributed by atoms with van der Waals surface area (Å²) in [6.45, 7) is 1.07. The van der Waals surface area contributed by atoms with Gasteiger partial charge in [-0.2, -0.15) is 5.26 Å². The topological polar surface area (TPSA) is 89.1 Å². The Hall–Kier alpha value is -2.60. The van der Waals surface area contributed by atoms with E-state index in [1.165, 1.54) is 12.1 Å². The summed E-state index contributed by atoms with van der Waals surface area (Å²) in [5.74, 6) is 1.38. The molecule has 4 aliphatic rings. The molecule has 0 aromatic heterocycles. The zero-order chi connectivity index (χ0) is 21.6. The molecule has 1 saturated carbocycles. The average molecular weight is 442 g/mol. The fraction of sp³-hybridized carbons (Fsp3) is 0.391. The van der Waals surface area contributed by atoms with Crippen molar-refractivity contribution >= 4 is 16.6 Å². The molecule has 3 heterocycles. The Bertz CT molecular complexity index is 1070. The maximum absolute atomic E-state index is 13.4. The van der Waals surface area contributed by atoms with E-state index in [0.29, 0.717) is 41.8 Å². The largest absolute Gasteiger partial charge is 0.493 e. The quantitative estimate of drug-likeness (QED) is 0.692. The molecule has 0 amide bonds. The monoisotopic (exact) mass is 441 g/mol. The SMILES string of the molecule is N#Cc1cc(F)ccc1-c1ccc(OCC23CCC(CC2)N2CCS(O)(O)N=C23)cc1. The predicted octanol–water partition coefficient (Wildman–Crippen LogP) is 5.07. The van der Waals surface area contributed by atoms with Gasteiger partial charge < -0.3 is 9.64 Å².